The average Bonchev–Trinajstić information content (AvgIpc) is 2.60. The molecule has 5 heteroatoms. The van der Waals surface area contributed by atoms with Crippen LogP contribution in [-0.2, 0) is 0 Å². The van der Waals surface area contributed by atoms with Gasteiger partial charge in [-0.3, -0.25) is 5.32 Å². The summed E-state index contributed by atoms with van der Waals surface area (Å²) in [6, 6.07) is 10.1. The molecule has 5 nitrogen and oxygen atoms in total. The number of urea groups is 1. The second kappa shape index (κ2) is 8.01. The number of benzene rings is 1. The minimum absolute atomic E-state index is 0.171. The monoisotopic (exact) mass is 338 g/mol. The van der Waals surface area contributed by atoms with E-state index in [2.05, 4.69) is 46.9 Å². The minimum atomic E-state index is -0.171. The summed E-state index contributed by atoms with van der Waals surface area (Å²) >= 11 is 0. The Labute approximate surface area is 149 Å². The van der Waals surface area contributed by atoms with Crippen LogP contribution >= 0.6 is 0 Å². The molecule has 0 bridgehead atoms. The lowest BCUT2D eigenvalue weighted by Crippen LogP contribution is -2.39. The van der Waals surface area contributed by atoms with Crippen molar-refractivity contribution in [3.63, 3.8) is 0 Å². The number of carbonyl (C=O) groups excluding carboxylic acids is 1. The molecule has 3 rings (SSSR count). The Hall–Kier alpha value is -2.56. The number of amides is 2. The van der Waals surface area contributed by atoms with Gasteiger partial charge in [-0.1, -0.05) is 37.5 Å². The average molecular weight is 338 g/mol. The highest BCUT2D eigenvalue weighted by Gasteiger charge is 2.15. The molecule has 2 aromatic rings. The quantitative estimate of drug-likeness (QED) is 0.743. The number of nitrogens with one attached hydrogen (secondary N) is 3. The van der Waals surface area contributed by atoms with Crippen molar-refractivity contribution in [1.29, 1.82) is 0 Å². The van der Waals surface area contributed by atoms with Crippen molar-refractivity contribution in [2.75, 3.05) is 10.6 Å². The van der Waals surface area contributed by atoms with Crippen LogP contribution in [0.5, 0.6) is 0 Å². The summed E-state index contributed by atoms with van der Waals surface area (Å²) in [5, 5.41) is 9.24. The highest BCUT2D eigenvalue weighted by atomic mass is 16.2. The van der Waals surface area contributed by atoms with E-state index in [4.69, 9.17) is 0 Å². The smallest absolute Gasteiger partial charge is 0.320 e. The summed E-state index contributed by atoms with van der Waals surface area (Å²) in [6.45, 7) is 4.16. The van der Waals surface area contributed by atoms with Gasteiger partial charge in [0.1, 0.15) is 5.82 Å². The number of hydrogen-bond donors (Lipinski definition) is 3. The zero-order valence-electron chi connectivity index (χ0n) is 14.9. The number of anilines is 3. The van der Waals surface area contributed by atoms with Crippen molar-refractivity contribution in [3.05, 3.63) is 47.7 Å². The fraction of sp³-hybridized carbons (Fsp3) is 0.400. The first-order chi connectivity index (χ1) is 12.1. The van der Waals surface area contributed by atoms with E-state index in [1.165, 1.54) is 30.4 Å². The number of nitrogens with zero attached hydrogens (tertiary/aromatic N) is 1. The summed E-state index contributed by atoms with van der Waals surface area (Å²) in [6.07, 6.45) is 7.54. The molecule has 1 aromatic heterocycles. The first-order valence-corrected chi connectivity index (χ1v) is 8.98. The minimum Gasteiger partial charge on any atom is -0.354 e. The molecule has 1 aromatic carbocycles. The highest BCUT2D eigenvalue weighted by Crippen LogP contribution is 2.24. The van der Waals surface area contributed by atoms with Gasteiger partial charge in [-0.15, -0.1) is 0 Å². The summed E-state index contributed by atoms with van der Waals surface area (Å²) in [5.74, 6) is 0.556. The number of carbonyl (C=O) groups is 1. The predicted octanol–water partition coefficient (Wildman–Crippen LogP) is 4.90. The number of pyridine rings is 1. The lowest BCUT2D eigenvalue weighted by atomic mass is 9.96. The molecular weight excluding hydrogens is 312 g/mol. The fourth-order valence-electron chi connectivity index (χ4n) is 3.28. The van der Waals surface area contributed by atoms with Crippen LogP contribution in [0.3, 0.4) is 0 Å². The van der Waals surface area contributed by atoms with Gasteiger partial charge in [0, 0.05) is 11.7 Å². The highest BCUT2D eigenvalue weighted by molar-refractivity contribution is 5.88. The topological polar surface area (TPSA) is 66.0 Å². The Bertz CT molecular complexity index is 701. The second-order valence-corrected chi connectivity index (χ2v) is 6.76. The van der Waals surface area contributed by atoms with E-state index < -0.39 is 0 Å². The van der Waals surface area contributed by atoms with E-state index in [1.54, 1.807) is 6.20 Å². The Balaban J connectivity index is 1.57. The molecule has 1 heterocycles. The van der Waals surface area contributed by atoms with Crippen LogP contribution in [-0.4, -0.2) is 17.1 Å². The predicted molar refractivity (Wildman–Crippen MR) is 102 cm³/mol. The Morgan fingerprint density at radius 2 is 1.76 bits per heavy atom. The Morgan fingerprint density at radius 3 is 2.40 bits per heavy atom. The van der Waals surface area contributed by atoms with E-state index in [1.807, 2.05) is 18.2 Å². The Morgan fingerprint density at radius 1 is 1.04 bits per heavy atom. The third kappa shape index (κ3) is 4.72. The number of aryl methyl sites for hydroxylation is 2. The maximum atomic E-state index is 12.1. The van der Waals surface area contributed by atoms with Crippen LogP contribution in [0.1, 0.15) is 43.2 Å². The molecule has 3 N–H and O–H groups in total. The molecule has 2 amide bonds. The van der Waals surface area contributed by atoms with Gasteiger partial charge in [0.2, 0.25) is 0 Å². The SMILES string of the molecule is Cc1cccc(C)c1Nc1ccc(NC(=O)NC2CCCCC2)nc1. The third-order valence-corrected chi connectivity index (χ3v) is 4.70. The summed E-state index contributed by atoms with van der Waals surface area (Å²) in [4.78, 5) is 16.4. The molecule has 1 fully saturated rings. The molecule has 0 aliphatic heterocycles. The summed E-state index contributed by atoms with van der Waals surface area (Å²) < 4.78 is 0. The number of para-hydroxylation sites is 1. The van der Waals surface area contributed by atoms with Gasteiger partial charge in [-0.2, -0.15) is 0 Å². The molecule has 0 atom stereocenters. The third-order valence-electron chi connectivity index (χ3n) is 4.70. The molecular formula is C20H26N4O. The van der Waals surface area contributed by atoms with Gasteiger partial charge in [0.05, 0.1) is 11.9 Å². The van der Waals surface area contributed by atoms with Crippen molar-refractivity contribution < 1.29 is 4.79 Å². The molecule has 0 unspecified atom stereocenters. The molecule has 1 aliphatic carbocycles. The van der Waals surface area contributed by atoms with Gasteiger partial charge < -0.3 is 10.6 Å². The van der Waals surface area contributed by atoms with Gasteiger partial charge >= 0.3 is 6.03 Å². The number of aromatic nitrogens is 1. The first-order valence-electron chi connectivity index (χ1n) is 8.98. The van der Waals surface area contributed by atoms with Gasteiger partial charge in [-0.25, -0.2) is 9.78 Å². The maximum Gasteiger partial charge on any atom is 0.320 e. The molecule has 0 radical (unpaired) electrons. The van der Waals surface area contributed by atoms with Gasteiger partial charge in [0.25, 0.3) is 0 Å². The molecule has 25 heavy (non-hydrogen) atoms. The van der Waals surface area contributed by atoms with E-state index >= 15 is 0 Å². The van der Waals surface area contributed by atoms with Crippen molar-refractivity contribution in [3.8, 4) is 0 Å². The van der Waals surface area contributed by atoms with Crippen LogP contribution in [0.15, 0.2) is 36.5 Å². The van der Waals surface area contributed by atoms with Crippen molar-refractivity contribution in [1.82, 2.24) is 10.3 Å². The van der Waals surface area contributed by atoms with Crippen LogP contribution < -0.4 is 16.0 Å². The van der Waals surface area contributed by atoms with E-state index in [-0.39, 0.29) is 6.03 Å². The normalized spacial score (nSPS) is 14.8. The van der Waals surface area contributed by atoms with Crippen LogP contribution in [0.4, 0.5) is 22.0 Å². The van der Waals surface area contributed by atoms with E-state index in [0.29, 0.717) is 11.9 Å². The first kappa shape index (κ1) is 17.3. The summed E-state index contributed by atoms with van der Waals surface area (Å²) in [5.41, 5.74) is 4.37. The van der Waals surface area contributed by atoms with E-state index in [0.717, 1.165) is 24.2 Å². The maximum absolute atomic E-state index is 12.1. The van der Waals surface area contributed by atoms with Gasteiger partial charge in [-0.05, 0) is 49.9 Å². The summed E-state index contributed by atoms with van der Waals surface area (Å²) in [7, 11) is 0. The molecule has 1 saturated carbocycles. The zero-order chi connectivity index (χ0) is 17.6. The molecule has 0 saturated heterocycles. The van der Waals surface area contributed by atoms with Gasteiger partial charge in [0.15, 0.2) is 0 Å². The molecule has 1 aliphatic rings. The van der Waals surface area contributed by atoms with Crippen molar-refractivity contribution >= 4 is 23.2 Å². The van der Waals surface area contributed by atoms with Crippen LogP contribution in [0.25, 0.3) is 0 Å². The number of rotatable bonds is 4. The van der Waals surface area contributed by atoms with Crippen LogP contribution in [0.2, 0.25) is 0 Å². The van der Waals surface area contributed by atoms with E-state index in [9.17, 15) is 4.79 Å². The Kier molecular flexibility index (Phi) is 5.53. The lowest BCUT2D eigenvalue weighted by molar-refractivity contribution is 0.244. The largest absolute Gasteiger partial charge is 0.354 e. The molecule has 0 spiro atoms. The lowest BCUT2D eigenvalue weighted by Gasteiger charge is -2.22. The zero-order valence-corrected chi connectivity index (χ0v) is 14.9. The fourth-order valence-corrected chi connectivity index (χ4v) is 3.28. The van der Waals surface area contributed by atoms with Crippen molar-refractivity contribution in [2.24, 2.45) is 0 Å². The van der Waals surface area contributed by atoms with Crippen molar-refractivity contribution in [2.45, 2.75) is 52.0 Å². The molecule has 132 valence electrons. The standard InChI is InChI=1S/C20H26N4O/c1-14-7-6-8-15(2)19(14)22-17-11-12-18(21-13-17)24-20(25)23-16-9-4-3-5-10-16/h6-8,11-13,16,22H,3-5,9-10H2,1-2H3,(H2,21,23,24,25). The number of hydrogen-bond acceptors (Lipinski definition) is 3. The van der Waals surface area contributed by atoms with Crippen LogP contribution in [0, 0.1) is 13.8 Å². The second-order valence-electron chi connectivity index (χ2n) is 6.76.